The second-order valence-electron chi connectivity index (χ2n) is 7.71. The maximum absolute atomic E-state index is 12.8. The minimum absolute atomic E-state index is 0.199. The third-order valence-electron chi connectivity index (χ3n) is 5.87. The van der Waals surface area contributed by atoms with Crippen LogP contribution in [0.25, 0.3) is 0 Å². The van der Waals surface area contributed by atoms with Crippen molar-refractivity contribution >= 4 is 40.8 Å². The molecule has 1 N–H and O–H groups in total. The van der Waals surface area contributed by atoms with E-state index in [4.69, 9.17) is 11.6 Å². The number of urea groups is 1. The number of nitrogens with one attached hydrogen (secondary N) is 1. The van der Waals surface area contributed by atoms with Gasteiger partial charge in [-0.15, -0.1) is 0 Å². The zero-order valence-electron chi connectivity index (χ0n) is 17.5. The van der Waals surface area contributed by atoms with Crippen LogP contribution in [0.5, 0.6) is 0 Å². The summed E-state index contributed by atoms with van der Waals surface area (Å²) in [6, 6.07) is 5.40. The predicted octanol–water partition coefficient (Wildman–Crippen LogP) is 4.22. The maximum Gasteiger partial charge on any atom is 0.332 e. The molecule has 2 fully saturated rings. The van der Waals surface area contributed by atoms with Crippen molar-refractivity contribution in [3.63, 3.8) is 0 Å². The van der Waals surface area contributed by atoms with E-state index in [1.54, 1.807) is 24.4 Å². The first kappa shape index (κ1) is 21.2. The minimum atomic E-state index is -0.490. The van der Waals surface area contributed by atoms with Gasteiger partial charge in [0.15, 0.2) is 0 Å². The molecule has 1 aliphatic carbocycles. The molecule has 31 heavy (non-hydrogen) atoms. The highest BCUT2D eigenvalue weighted by molar-refractivity contribution is 6.36. The van der Waals surface area contributed by atoms with Crippen molar-refractivity contribution in [3.05, 3.63) is 47.0 Å². The first-order valence-corrected chi connectivity index (χ1v) is 10.9. The molecule has 162 valence electrons. The molecule has 1 saturated carbocycles. The number of anilines is 2. The molecule has 2 aromatic rings. The van der Waals surface area contributed by atoms with Gasteiger partial charge in [-0.25, -0.2) is 19.7 Å². The molecule has 1 aromatic heterocycles. The topological polar surface area (TPSA) is 95.5 Å². The standard InChI is InChI=1S/C22H24ClN5O3/c1-3-17-21(30)28(22(31)27(17)4-2)18-9-8-14(12-15(18)23)25-20(29)16-10-11-24-19(26-16)13-6-5-7-13/h8-13,17H,3-7H2,1-2H3,(H,25,29). The van der Waals surface area contributed by atoms with Crippen molar-refractivity contribution in [1.82, 2.24) is 14.9 Å². The quantitative estimate of drug-likeness (QED) is 0.677. The van der Waals surface area contributed by atoms with Gasteiger partial charge in [0.25, 0.3) is 11.8 Å². The molecule has 0 spiro atoms. The number of amides is 4. The molecule has 1 aromatic carbocycles. The van der Waals surface area contributed by atoms with Crippen LogP contribution in [0, 0.1) is 0 Å². The number of rotatable bonds is 6. The zero-order chi connectivity index (χ0) is 22.1. The molecule has 8 nitrogen and oxygen atoms in total. The summed E-state index contributed by atoms with van der Waals surface area (Å²) >= 11 is 6.40. The second kappa shape index (κ2) is 8.63. The lowest BCUT2D eigenvalue weighted by Gasteiger charge is -2.23. The molecule has 4 amide bonds. The molecule has 2 heterocycles. The van der Waals surface area contributed by atoms with E-state index in [-0.39, 0.29) is 28.6 Å². The Morgan fingerprint density at radius 1 is 1.23 bits per heavy atom. The predicted molar refractivity (Wildman–Crippen MR) is 117 cm³/mol. The Morgan fingerprint density at radius 2 is 2.00 bits per heavy atom. The van der Waals surface area contributed by atoms with Gasteiger partial charge in [0.05, 0.1) is 10.7 Å². The van der Waals surface area contributed by atoms with E-state index < -0.39 is 6.04 Å². The molecule has 0 radical (unpaired) electrons. The Balaban J connectivity index is 1.52. The number of benzene rings is 1. The molecule has 1 saturated heterocycles. The first-order chi connectivity index (χ1) is 14.9. The Kier molecular flexibility index (Phi) is 5.91. The van der Waals surface area contributed by atoms with Crippen LogP contribution >= 0.6 is 11.6 Å². The Morgan fingerprint density at radius 3 is 2.58 bits per heavy atom. The van der Waals surface area contributed by atoms with Crippen LogP contribution < -0.4 is 10.2 Å². The van der Waals surface area contributed by atoms with E-state index >= 15 is 0 Å². The number of carbonyl (C=O) groups is 3. The summed E-state index contributed by atoms with van der Waals surface area (Å²) in [7, 11) is 0. The lowest BCUT2D eigenvalue weighted by atomic mass is 9.85. The lowest BCUT2D eigenvalue weighted by molar-refractivity contribution is -0.119. The van der Waals surface area contributed by atoms with Gasteiger partial charge in [0, 0.05) is 24.3 Å². The fraction of sp³-hybridized carbons (Fsp3) is 0.409. The third-order valence-corrected chi connectivity index (χ3v) is 6.17. The fourth-order valence-electron chi connectivity index (χ4n) is 3.94. The van der Waals surface area contributed by atoms with Gasteiger partial charge in [0.2, 0.25) is 0 Å². The summed E-state index contributed by atoms with van der Waals surface area (Å²) in [5, 5.41) is 2.97. The Hall–Kier alpha value is -3.00. The largest absolute Gasteiger partial charge is 0.332 e. The highest BCUT2D eigenvalue weighted by Crippen LogP contribution is 2.35. The highest BCUT2D eigenvalue weighted by atomic mass is 35.5. The van der Waals surface area contributed by atoms with Gasteiger partial charge >= 0.3 is 6.03 Å². The van der Waals surface area contributed by atoms with E-state index in [1.165, 1.54) is 11.0 Å². The number of likely N-dealkylation sites (N-methyl/N-ethyl adjacent to an activating group) is 1. The molecule has 0 bridgehead atoms. The first-order valence-electron chi connectivity index (χ1n) is 10.5. The molecule has 1 aliphatic heterocycles. The number of hydrogen-bond acceptors (Lipinski definition) is 5. The summed E-state index contributed by atoms with van der Waals surface area (Å²) in [6.07, 6.45) is 5.38. The molecule has 9 heteroatoms. The molecule has 1 unspecified atom stereocenters. The van der Waals surface area contributed by atoms with E-state index in [1.807, 2.05) is 13.8 Å². The van der Waals surface area contributed by atoms with Crippen LogP contribution in [0.4, 0.5) is 16.2 Å². The molecule has 4 rings (SSSR count). The zero-order valence-corrected chi connectivity index (χ0v) is 18.2. The number of carbonyl (C=O) groups excluding carboxylic acids is 3. The number of aromatic nitrogens is 2. The van der Waals surface area contributed by atoms with E-state index in [2.05, 4.69) is 15.3 Å². The number of halogens is 1. The van der Waals surface area contributed by atoms with Gasteiger partial charge in [-0.2, -0.15) is 0 Å². The third kappa shape index (κ3) is 3.87. The number of nitrogens with zero attached hydrogens (tertiary/aromatic N) is 4. The maximum atomic E-state index is 12.8. The van der Waals surface area contributed by atoms with Crippen molar-refractivity contribution in [2.24, 2.45) is 0 Å². The monoisotopic (exact) mass is 441 g/mol. The Bertz CT molecular complexity index is 1020. The van der Waals surface area contributed by atoms with Crippen LogP contribution in [-0.4, -0.2) is 45.3 Å². The summed E-state index contributed by atoms with van der Waals surface area (Å²) in [4.78, 5) is 49.4. The average molecular weight is 442 g/mol. The van der Waals surface area contributed by atoms with Crippen molar-refractivity contribution in [1.29, 1.82) is 0 Å². The summed E-state index contributed by atoms with van der Waals surface area (Å²) < 4.78 is 0. The molecule has 2 aliphatic rings. The van der Waals surface area contributed by atoms with Crippen LogP contribution in [-0.2, 0) is 4.79 Å². The average Bonchev–Trinajstić information content (AvgIpc) is 2.96. The molecular weight excluding hydrogens is 418 g/mol. The van der Waals surface area contributed by atoms with Crippen molar-refractivity contribution in [2.75, 3.05) is 16.8 Å². The summed E-state index contributed by atoms with van der Waals surface area (Å²) in [5.74, 6) is 0.358. The van der Waals surface area contributed by atoms with Gasteiger partial charge in [-0.3, -0.25) is 9.59 Å². The number of hydrogen-bond donors (Lipinski definition) is 1. The lowest BCUT2D eigenvalue weighted by Crippen LogP contribution is -2.34. The second-order valence-corrected chi connectivity index (χ2v) is 8.12. The summed E-state index contributed by atoms with van der Waals surface area (Å²) in [6.45, 7) is 4.14. The molecule has 1 atom stereocenters. The normalized spacial score (nSPS) is 19.0. The molecular formula is C22H24ClN5O3. The van der Waals surface area contributed by atoms with E-state index in [9.17, 15) is 14.4 Å². The Labute approximate surface area is 185 Å². The van der Waals surface area contributed by atoms with Gasteiger partial charge in [-0.1, -0.05) is 24.9 Å². The van der Waals surface area contributed by atoms with E-state index in [0.717, 1.165) is 24.2 Å². The van der Waals surface area contributed by atoms with Crippen LogP contribution in [0.1, 0.15) is 61.8 Å². The van der Waals surface area contributed by atoms with Gasteiger partial charge in [-0.05, 0) is 50.5 Å². The van der Waals surface area contributed by atoms with Crippen LogP contribution in [0.2, 0.25) is 5.02 Å². The van der Waals surface area contributed by atoms with E-state index in [0.29, 0.717) is 36.1 Å². The minimum Gasteiger partial charge on any atom is -0.321 e. The SMILES string of the molecule is CCC1C(=O)N(c2ccc(NC(=O)c3ccnc(C4CCC4)n3)cc2Cl)C(=O)N1CC. The number of imide groups is 1. The fourth-order valence-corrected chi connectivity index (χ4v) is 4.20. The van der Waals surface area contributed by atoms with Gasteiger partial charge in [0.1, 0.15) is 17.6 Å². The highest BCUT2D eigenvalue weighted by Gasteiger charge is 2.44. The van der Waals surface area contributed by atoms with Crippen molar-refractivity contribution < 1.29 is 14.4 Å². The summed E-state index contributed by atoms with van der Waals surface area (Å²) in [5.41, 5.74) is 1.03. The van der Waals surface area contributed by atoms with Crippen LogP contribution in [0.15, 0.2) is 30.5 Å². The van der Waals surface area contributed by atoms with Crippen molar-refractivity contribution in [2.45, 2.75) is 51.5 Å². The smallest absolute Gasteiger partial charge is 0.321 e. The van der Waals surface area contributed by atoms with Gasteiger partial charge < -0.3 is 10.2 Å². The van der Waals surface area contributed by atoms with Crippen molar-refractivity contribution in [3.8, 4) is 0 Å². The van der Waals surface area contributed by atoms with Crippen LogP contribution in [0.3, 0.4) is 0 Å².